The normalized spacial score (nSPS) is 19.1. The van der Waals surface area contributed by atoms with Crippen LogP contribution in [0.2, 0.25) is 0 Å². The number of hydrogen-bond acceptors (Lipinski definition) is 4. The molecule has 2 amide bonds. The van der Waals surface area contributed by atoms with Crippen molar-refractivity contribution in [3.63, 3.8) is 0 Å². The third-order valence-electron chi connectivity index (χ3n) is 6.70. The smallest absolute Gasteiger partial charge is 0.249 e. The van der Waals surface area contributed by atoms with Crippen LogP contribution in [-0.4, -0.2) is 36.7 Å². The standard InChI is InChI=1S/C25H28FN3O2S/c26-17-12-10-16(11-13-17)24-23-19-8-4-5-9-20(19)32-25(23)29(22(31)14-27-24)15-21(30)28-18-6-2-1-3-7-18/h10-13,18H,1-9,14-15H2,(H,28,30). The maximum Gasteiger partial charge on any atom is 0.249 e. The predicted molar refractivity (Wildman–Crippen MR) is 125 cm³/mol. The average Bonchev–Trinajstić information content (AvgIpc) is 3.12. The van der Waals surface area contributed by atoms with Crippen LogP contribution in [0.15, 0.2) is 29.3 Å². The van der Waals surface area contributed by atoms with Gasteiger partial charge in [-0.15, -0.1) is 11.3 Å². The van der Waals surface area contributed by atoms with Gasteiger partial charge in [-0.25, -0.2) is 4.39 Å². The summed E-state index contributed by atoms with van der Waals surface area (Å²) < 4.78 is 13.6. The predicted octanol–water partition coefficient (Wildman–Crippen LogP) is 4.40. The number of benzene rings is 1. The number of thiophene rings is 1. The Bertz CT molecular complexity index is 1050. The molecule has 0 bridgehead atoms. The summed E-state index contributed by atoms with van der Waals surface area (Å²) in [6.07, 6.45) is 9.69. The lowest BCUT2D eigenvalue weighted by Crippen LogP contribution is -2.45. The number of carbonyl (C=O) groups excluding carboxylic acids is 2. The number of carbonyl (C=O) groups is 2. The fraction of sp³-hybridized carbons (Fsp3) is 0.480. The Morgan fingerprint density at radius 3 is 2.62 bits per heavy atom. The van der Waals surface area contributed by atoms with E-state index in [1.165, 1.54) is 29.0 Å². The molecule has 0 atom stereocenters. The van der Waals surface area contributed by atoms with Gasteiger partial charge < -0.3 is 5.32 Å². The van der Waals surface area contributed by atoms with Crippen molar-refractivity contribution in [1.82, 2.24) is 5.32 Å². The minimum Gasteiger partial charge on any atom is -0.352 e. The SMILES string of the molecule is O=C(CN1C(=O)CN=C(c2ccc(F)cc2)c2c1sc1c2CCCC1)NC1CCCCC1. The molecule has 7 heteroatoms. The van der Waals surface area contributed by atoms with E-state index in [1.54, 1.807) is 28.4 Å². The van der Waals surface area contributed by atoms with Gasteiger partial charge in [0.25, 0.3) is 0 Å². The topological polar surface area (TPSA) is 61.8 Å². The highest BCUT2D eigenvalue weighted by Gasteiger charge is 2.33. The minimum atomic E-state index is -0.298. The van der Waals surface area contributed by atoms with Crippen LogP contribution in [0.1, 0.15) is 66.5 Å². The molecule has 3 aliphatic rings. The highest BCUT2D eigenvalue weighted by Crippen LogP contribution is 2.42. The Labute approximate surface area is 191 Å². The second kappa shape index (κ2) is 9.14. The molecule has 2 aromatic rings. The lowest BCUT2D eigenvalue weighted by molar-refractivity contribution is -0.123. The maximum atomic E-state index is 13.6. The molecule has 0 saturated heterocycles. The first kappa shape index (κ1) is 21.3. The number of fused-ring (bicyclic) bond motifs is 3. The van der Waals surface area contributed by atoms with Gasteiger partial charge in [-0.2, -0.15) is 0 Å². The molecule has 1 aliphatic heterocycles. The first-order valence-electron chi connectivity index (χ1n) is 11.6. The molecule has 0 radical (unpaired) electrons. The second-order valence-corrected chi connectivity index (χ2v) is 10.0. The molecule has 32 heavy (non-hydrogen) atoms. The van der Waals surface area contributed by atoms with Crippen LogP contribution < -0.4 is 10.2 Å². The summed E-state index contributed by atoms with van der Waals surface area (Å²) >= 11 is 1.62. The third-order valence-corrected chi connectivity index (χ3v) is 8.01. The summed E-state index contributed by atoms with van der Waals surface area (Å²) in [5.41, 5.74) is 3.75. The molecule has 5 nitrogen and oxygen atoms in total. The van der Waals surface area contributed by atoms with E-state index < -0.39 is 0 Å². The molecule has 1 aromatic carbocycles. The van der Waals surface area contributed by atoms with E-state index in [-0.39, 0.29) is 36.8 Å². The number of aliphatic imine (C=N–C) groups is 1. The molecule has 2 heterocycles. The molecule has 0 unspecified atom stereocenters. The zero-order chi connectivity index (χ0) is 22.1. The molecule has 0 spiro atoms. The lowest BCUT2D eigenvalue weighted by Gasteiger charge is -2.25. The van der Waals surface area contributed by atoms with Crippen molar-refractivity contribution in [2.24, 2.45) is 4.99 Å². The van der Waals surface area contributed by atoms with E-state index in [0.29, 0.717) is 0 Å². The highest BCUT2D eigenvalue weighted by atomic mass is 32.1. The average molecular weight is 454 g/mol. The van der Waals surface area contributed by atoms with Crippen molar-refractivity contribution < 1.29 is 14.0 Å². The number of nitrogens with one attached hydrogen (secondary N) is 1. The quantitative estimate of drug-likeness (QED) is 0.746. The van der Waals surface area contributed by atoms with Crippen LogP contribution in [0.4, 0.5) is 9.39 Å². The number of anilines is 1. The number of nitrogens with zero attached hydrogens (tertiary/aromatic N) is 2. The van der Waals surface area contributed by atoms with Crippen LogP contribution in [-0.2, 0) is 22.4 Å². The molecule has 5 rings (SSSR count). The van der Waals surface area contributed by atoms with Crippen molar-refractivity contribution in [1.29, 1.82) is 0 Å². The summed E-state index contributed by atoms with van der Waals surface area (Å²) in [6, 6.07) is 6.51. The van der Waals surface area contributed by atoms with Gasteiger partial charge >= 0.3 is 0 Å². The summed E-state index contributed by atoms with van der Waals surface area (Å²) in [7, 11) is 0. The molecule has 2 aliphatic carbocycles. The molecule has 1 aromatic heterocycles. The largest absolute Gasteiger partial charge is 0.352 e. The number of rotatable bonds is 4. The monoisotopic (exact) mass is 453 g/mol. The summed E-state index contributed by atoms with van der Waals surface area (Å²) in [6.45, 7) is 0.00748. The first-order chi connectivity index (χ1) is 15.6. The lowest BCUT2D eigenvalue weighted by atomic mass is 9.91. The first-order valence-corrected chi connectivity index (χ1v) is 12.5. The van der Waals surface area contributed by atoms with Gasteiger partial charge in [0.1, 0.15) is 23.9 Å². The molecule has 1 N–H and O–H groups in total. The van der Waals surface area contributed by atoms with Crippen molar-refractivity contribution in [3.05, 3.63) is 51.7 Å². The minimum absolute atomic E-state index is 0.0143. The molecular weight excluding hydrogens is 425 g/mol. The second-order valence-electron chi connectivity index (χ2n) is 8.95. The van der Waals surface area contributed by atoms with Gasteiger partial charge in [-0.05, 0) is 68.4 Å². The van der Waals surface area contributed by atoms with Gasteiger partial charge in [0.2, 0.25) is 11.8 Å². The van der Waals surface area contributed by atoms with E-state index in [1.807, 2.05) is 0 Å². The summed E-state index contributed by atoms with van der Waals surface area (Å²) in [4.78, 5) is 33.6. The Kier molecular flexibility index (Phi) is 6.09. The van der Waals surface area contributed by atoms with Crippen LogP contribution in [0, 0.1) is 5.82 Å². The van der Waals surface area contributed by atoms with Crippen LogP contribution in [0.5, 0.6) is 0 Å². The van der Waals surface area contributed by atoms with Gasteiger partial charge in [0, 0.05) is 22.0 Å². The van der Waals surface area contributed by atoms with Crippen LogP contribution >= 0.6 is 11.3 Å². The third kappa shape index (κ3) is 4.22. The summed E-state index contributed by atoms with van der Waals surface area (Å²) in [5, 5.41) is 3.96. The van der Waals surface area contributed by atoms with E-state index in [0.717, 1.165) is 73.2 Å². The van der Waals surface area contributed by atoms with E-state index in [4.69, 9.17) is 0 Å². The molecule has 1 fully saturated rings. The van der Waals surface area contributed by atoms with Crippen molar-refractivity contribution in [2.75, 3.05) is 18.0 Å². The number of halogens is 1. The fourth-order valence-electron chi connectivity index (χ4n) is 5.08. The van der Waals surface area contributed by atoms with E-state index >= 15 is 0 Å². The highest BCUT2D eigenvalue weighted by molar-refractivity contribution is 7.17. The van der Waals surface area contributed by atoms with Crippen molar-refractivity contribution in [3.8, 4) is 0 Å². The number of aryl methyl sites for hydroxylation is 1. The summed E-state index contributed by atoms with van der Waals surface area (Å²) in [5.74, 6) is -0.568. The zero-order valence-corrected chi connectivity index (χ0v) is 19.0. The van der Waals surface area contributed by atoms with Crippen LogP contribution in [0.25, 0.3) is 0 Å². The van der Waals surface area contributed by atoms with Crippen molar-refractivity contribution in [2.45, 2.75) is 63.8 Å². The Balaban J connectivity index is 1.49. The van der Waals surface area contributed by atoms with E-state index in [2.05, 4.69) is 10.3 Å². The Hall–Kier alpha value is -2.54. The molecule has 168 valence electrons. The van der Waals surface area contributed by atoms with Gasteiger partial charge in [-0.3, -0.25) is 19.5 Å². The van der Waals surface area contributed by atoms with Crippen molar-refractivity contribution >= 4 is 33.9 Å². The molecule has 1 saturated carbocycles. The Morgan fingerprint density at radius 2 is 1.84 bits per heavy atom. The zero-order valence-electron chi connectivity index (χ0n) is 18.2. The van der Waals surface area contributed by atoms with Gasteiger partial charge in [0.05, 0.1) is 5.71 Å². The molecular formula is C25H28FN3O2S. The van der Waals surface area contributed by atoms with E-state index in [9.17, 15) is 14.0 Å². The van der Waals surface area contributed by atoms with Crippen LogP contribution in [0.3, 0.4) is 0 Å². The maximum absolute atomic E-state index is 13.6. The number of amides is 2. The fourth-order valence-corrected chi connectivity index (χ4v) is 6.48. The Morgan fingerprint density at radius 1 is 1.09 bits per heavy atom. The number of hydrogen-bond donors (Lipinski definition) is 1. The van der Waals surface area contributed by atoms with Gasteiger partial charge in [-0.1, -0.05) is 19.3 Å². The van der Waals surface area contributed by atoms with Gasteiger partial charge in [0.15, 0.2) is 0 Å².